The van der Waals surface area contributed by atoms with Crippen LogP contribution in [-0.4, -0.2) is 23.3 Å². The van der Waals surface area contributed by atoms with Gasteiger partial charge in [0.25, 0.3) is 0 Å². The summed E-state index contributed by atoms with van der Waals surface area (Å²) in [5.41, 5.74) is 5.57. The molecule has 0 fully saturated rings. The first-order valence-corrected chi connectivity index (χ1v) is 5.27. The van der Waals surface area contributed by atoms with Crippen molar-refractivity contribution in [1.82, 2.24) is 0 Å². The van der Waals surface area contributed by atoms with Gasteiger partial charge in [0.15, 0.2) is 0 Å². The Hall–Kier alpha value is -0.780. The average molecular weight is 243 g/mol. The molecule has 0 aromatic rings. The lowest BCUT2D eigenvalue weighted by atomic mass is 10.1. The number of unbranched alkanes of at least 4 members (excludes halogenated alkanes) is 3. The first-order valence-electron chi connectivity index (χ1n) is 5.27. The van der Waals surface area contributed by atoms with E-state index in [0.29, 0.717) is 6.04 Å². The van der Waals surface area contributed by atoms with E-state index in [1.165, 1.54) is 32.1 Å². The molecule has 0 aliphatic heterocycles. The lowest BCUT2D eigenvalue weighted by Crippen LogP contribution is -2.21. The van der Waals surface area contributed by atoms with Gasteiger partial charge in [0.1, 0.15) is 0 Å². The van der Waals surface area contributed by atoms with Crippen LogP contribution in [0.3, 0.4) is 0 Å². The zero-order valence-corrected chi connectivity index (χ0v) is 9.68. The lowest BCUT2D eigenvalue weighted by Gasteiger charge is -2.02. The standard InChI is InChI=1S/C8H19N.C2HF3O2/c1-3-4-5-6-7-8(2)9;3-2(4,5)1(6)7/h8H,3-7,9H2,1-2H3;(H,6,7). The Kier molecular flexibility index (Phi) is 10.4. The molecule has 0 saturated heterocycles. The molecule has 1 atom stereocenters. The first kappa shape index (κ1) is 17.6. The fourth-order valence-corrected chi connectivity index (χ4v) is 0.893. The number of carbonyl (C=O) groups is 1. The first-order chi connectivity index (χ1) is 7.21. The van der Waals surface area contributed by atoms with Gasteiger partial charge in [0, 0.05) is 6.04 Å². The monoisotopic (exact) mass is 243 g/mol. The maximum atomic E-state index is 10.6. The van der Waals surface area contributed by atoms with Crippen molar-refractivity contribution in [3.05, 3.63) is 0 Å². The van der Waals surface area contributed by atoms with Crippen LogP contribution < -0.4 is 5.73 Å². The fourth-order valence-electron chi connectivity index (χ4n) is 0.893. The molecule has 16 heavy (non-hydrogen) atoms. The maximum absolute atomic E-state index is 10.6. The van der Waals surface area contributed by atoms with Crippen LogP contribution >= 0.6 is 0 Å². The zero-order chi connectivity index (χ0) is 13.2. The van der Waals surface area contributed by atoms with Crippen molar-refractivity contribution in [1.29, 1.82) is 0 Å². The number of hydrogen-bond donors (Lipinski definition) is 2. The highest BCUT2D eigenvalue weighted by Crippen LogP contribution is 2.13. The van der Waals surface area contributed by atoms with Gasteiger partial charge in [0.2, 0.25) is 0 Å². The van der Waals surface area contributed by atoms with Gasteiger partial charge in [-0.3, -0.25) is 0 Å². The van der Waals surface area contributed by atoms with E-state index in [2.05, 4.69) is 13.8 Å². The molecule has 3 nitrogen and oxygen atoms in total. The summed E-state index contributed by atoms with van der Waals surface area (Å²) in [5.74, 6) is -2.76. The number of alkyl halides is 3. The van der Waals surface area contributed by atoms with Crippen molar-refractivity contribution >= 4 is 5.97 Å². The van der Waals surface area contributed by atoms with Gasteiger partial charge in [-0.2, -0.15) is 13.2 Å². The van der Waals surface area contributed by atoms with Crippen molar-refractivity contribution in [2.45, 2.75) is 58.2 Å². The largest absolute Gasteiger partial charge is 0.490 e. The molecule has 0 saturated carbocycles. The topological polar surface area (TPSA) is 63.3 Å². The molecule has 0 bridgehead atoms. The minimum atomic E-state index is -5.08. The molecule has 0 aliphatic carbocycles. The molecule has 0 aromatic carbocycles. The van der Waals surface area contributed by atoms with E-state index < -0.39 is 12.1 Å². The highest BCUT2D eigenvalue weighted by molar-refractivity contribution is 5.73. The van der Waals surface area contributed by atoms with Crippen LogP contribution in [0.5, 0.6) is 0 Å². The van der Waals surface area contributed by atoms with Crippen molar-refractivity contribution in [3.8, 4) is 0 Å². The molecule has 6 heteroatoms. The molecule has 0 rings (SSSR count). The molecule has 3 N–H and O–H groups in total. The Morgan fingerprint density at radius 2 is 1.75 bits per heavy atom. The predicted molar refractivity (Wildman–Crippen MR) is 56.1 cm³/mol. The Morgan fingerprint density at radius 3 is 2.00 bits per heavy atom. The van der Waals surface area contributed by atoms with E-state index in [1.54, 1.807) is 0 Å². The minimum Gasteiger partial charge on any atom is -0.475 e. The Morgan fingerprint density at radius 1 is 1.31 bits per heavy atom. The Labute approximate surface area is 93.8 Å². The third-order valence-corrected chi connectivity index (χ3v) is 1.76. The fraction of sp³-hybridized carbons (Fsp3) is 0.900. The van der Waals surface area contributed by atoms with Crippen LogP contribution in [0.4, 0.5) is 13.2 Å². The van der Waals surface area contributed by atoms with Gasteiger partial charge < -0.3 is 10.8 Å². The van der Waals surface area contributed by atoms with Crippen LogP contribution in [-0.2, 0) is 4.79 Å². The van der Waals surface area contributed by atoms with E-state index >= 15 is 0 Å². The molecule has 0 aromatic heterocycles. The lowest BCUT2D eigenvalue weighted by molar-refractivity contribution is -0.192. The predicted octanol–water partition coefficient (Wildman–Crippen LogP) is 2.94. The zero-order valence-electron chi connectivity index (χ0n) is 9.68. The molecular formula is C10H20F3NO2. The quantitative estimate of drug-likeness (QED) is 0.730. The van der Waals surface area contributed by atoms with E-state index in [0.717, 1.165) is 0 Å². The average Bonchev–Trinajstić information content (AvgIpc) is 2.11. The summed E-state index contributed by atoms with van der Waals surface area (Å²) in [5, 5.41) is 7.12. The normalized spacial score (nSPS) is 12.6. The third kappa shape index (κ3) is 15.7. The van der Waals surface area contributed by atoms with Crippen LogP contribution in [0.2, 0.25) is 0 Å². The summed E-state index contributed by atoms with van der Waals surface area (Å²) in [7, 11) is 0. The maximum Gasteiger partial charge on any atom is 0.490 e. The summed E-state index contributed by atoms with van der Waals surface area (Å²) in [6, 6.07) is 0.404. The number of hydrogen-bond acceptors (Lipinski definition) is 2. The van der Waals surface area contributed by atoms with Gasteiger partial charge in [-0.25, -0.2) is 4.79 Å². The van der Waals surface area contributed by atoms with Crippen molar-refractivity contribution in [3.63, 3.8) is 0 Å². The van der Waals surface area contributed by atoms with Gasteiger partial charge in [-0.1, -0.05) is 32.6 Å². The van der Waals surface area contributed by atoms with Crippen LogP contribution in [0, 0.1) is 0 Å². The summed E-state index contributed by atoms with van der Waals surface area (Å²) in [6.07, 6.45) is 1.47. The number of rotatable bonds is 5. The van der Waals surface area contributed by atoms with Crippen LogP contribution in [0.15, 0.2) is 0 Å². The SMILES string of the molecule is CCCCCCC(C)N.O=C(O)C(F)(F)F. The second kappa shape index (κ2) is 9.45. The molecular weight excluding hydrogens is 223 g/mol. The number of carboxylic acid groups (broad SMARTS) is 1. The number of carboxylic acids is 1. The van der Waals surface area contributed by atoms with E-state index in [1.807, 2.05) is 0 Å². The van der Waals surface area contributed by atoms with Gasteiger partial charge >= 0.3 is 12.1 Å². The molecule has 0 spiro atoms. The smallest absolute Gasteiger partial charge is 0.475 e. The molecule has 0 aliphatic rings. The van der Waals surface area contributed by atoms with Crippen molar-refractivity contribution in [2.75, 3.05) is 0 Å². The minimum absolute atomic E-state index is 0.404. The number of nitrogens with two attached hydrogens (primary N) is 1. The molecule has 0 radical (unpaired) electrons. The number of aliphatic carboxylic acids is 1. The van der Waals surface area contributed by atoms with E-state index in [-0.39, 0.29) is 0 Å². The van der Waals surface area contributed by atoms with Crippen molar-refractivity contribution in [2.24, 2.45) is 5.73 Å². The molecule has 0 amide bonds. The molecule has 98 valence electrons. The van der Waals surface area contributed by atoms with Gasteiger partial charge in [0.05, 0.1) is 0 Å². The van der Waals surface area contributed by atoms with E-state index in [4.69, 9.17) is 15.6 Å². The van der Waals surface area contributed by atoms with Crippen LogP contribution in [0.1, 0.15) is 46.0 Å². The highest BCUT2D eigenvalue weighted by atomic mass is 19.4. The van der Waals surface area contributed by atoms with Crippen LogP contribution in [0.25, 0.3) is 0 Å². The second-order valence-corrected chi connectivity index (χ2v) is 3.63. The molecule has 0 heterocycles. The Balaban J connectivity index is 0. The third-order valence-electron chi connectivity index (χ3n) is 1.76. The summed E-state index contributed by atoms with van der Waals surface area (Å²) in [6.45, 7) is 4.30. The second-order valence-electron chi connectivity index (χ2n) is 3.63. The highest BCUT2D eigenvalue weighted by Gasteiger charge is 2.38. The van der Waals surface area contributed by atoms with Gasteiger partial charge in [-0.05, 0) is 13.3 Å². The summed E-state index contributed by atoms with van der Waals surface area (Å²) in [4.78, 5) is 8.90. The summed E-state index contributed by atoms with van der Waals surface area (Å²) >= 11 is 0. The number of halogens is 3. The van der Waals surface area contributed by atoms with Crippen molar-refractivity contribution < 1.29 is 23.1 Å². The summed E-state index contributed by atoms with van der Waals surface area (Å²) < 4.78 is 31.7. The molecule has 1 unspecified atom stereocenters. The van der Waals surface area contributed by atoms with E-state index in [9.17, 15) is 13.2 Å². The van der Waals surface area contributed by atoms with Gasteiger partial charge in [-0.15, -0.1) is 0 Å². The Bertz CT molecular complexity index is 181.